The van der Waals surface area contributed by atoms with Gasteiger partial charge in [-0.25, -0.2) is 8.42 Å². The molecule has 0 saturated carbocycles. The monoisotopic (exact) mass is 518 g/mol. The second kappa shape index (κ2) is 16.2. The van der Waals surface area contributed by atoms with Gasteiger partial charge in [-0.3, -0.25) is 4.98 Å². The number of nitrogens with zero attached hydrogens (tertiary/aromatic N) is 2. The third-order valence-electron chi connectivity index (χ3n) is 6.65. The number of aryl methyl sites for hydroxylation is 2. The van der Waals surface area contributed by atoms with Crippen LogP contribution in [0.15, 0.2) is 96.2 Å². The Morgan fingerprint density at radius 2 is 1.38 bits per heavy atom. The fraction of sp³-hybridized carbons (Fsp3) is 0.406. The van der Waals surface area contributed by atoms with Crippen LogP contribution in [0.2, 0.25) is 0 Å². The van der Waals surface area contributed by atoms with Gasteiger partial charge < -0.3 is 0 Å². The molecule has 0 radical (unpaired) electrons. The zero-order chi connectivity index (χ0) is 26.2. The van der Waals surface area contributed by atoms with E-state index in [1.807, 2.05) is 73.9 Å². The van der Waals surface area contributed by atoms with Crippen molar-refractivity contribution < 1.29 is 8.42 Å². The molecule has 1 heterocycles. The van der Waals surface area contributed by atoms with E-state index in [1.54, 1.807) is 16.4 Å². The quantitative estimate of drug-likeness (QED) is 0.135. The SMILES string of the molecule is Cc1ccc(S(=O)(=O)N(C/C=C/CCCCCCCCCCc2cccnc2)Cc2ccccc2)cc1. The van der Waals surface area contributed by atoms with Gasteiger partial charge in [-0.1, -0.05) is 105 Å². The van der Waals surface area contributed by atoms with Crippen LogP contribution in [-0.4, -0.2) is 24.3 Å². The summed E-state index contributed by atoms with van der Waals surface area (Å²) in [6, 6.07) is 21.1. The minimum absolute atomic E-state index is 0.347. The molecule has 0 amide bonds. The van der Waals surface area contributed by atoms with Crippen molar-refractivity contribution in [2.45, 2.75) is 82.6 Å². The van der Waals surface area contributed by atoms with Gasteiger partial charge in [0.2, 0.25) is 10.0 Å². The number of sulfonamides is 1. The summed E-state index contributed by atoms with van der Waals surface area (Å²) in [7, 11) is -3.57. The van der Waals surface area contributed by atoms with Crippen molar-refractivity contribution in [1.29, 1.82) is 0 Å². The van der Waals surface area contributed by atoms with Gasteiger partial charge in [0.05, 0.1) is 4.90 Å². The number of rotatable bonds is 17. The molecule has 0 aliphatic carbocycles. The first kappa shape index (κ1) is 28.8. The van der Waals surface area contributed by atoms with Crippen molar-refractivity contribution in [2.24, 2.45) is 0 Å². The highest BCUT2D eigenvalue weighted by Crippen LogP contribution is 2.19. The average molecular weight is 519 g/mol. The molecule has 0 fully saturated rings. The summed E-state index contributed by atoms with van der Waals surface area (Å²) in [4.78, 5) is 4.52. The molecule has 0 unspecified atom stereocenters. The highest BCUT2D eigenvalue weighted by molar-refractivity contribution is 7.89. The van der Waals surface area contributed by atoms with Crippen molar-refractivity contribution in [3.05, 3.63) is 108 Å². The fourth-order valence-corrected chi connectivity index (χ4v) is 5.78. The minimum atomic E-state index is -3.57. The van der Waals surface area contributed by atoms with Gasteiger partial charge in [-0.05, 0) is 61.9 Å². The molecule has 0 aliphatic heterocycles. The molecule has 0 N–H and O–H groups in total. The van der Waals surface area contributed by atoms with E-state index in [0.717, 1.165) is 30.4 Å². The number of hydrogen-bond donors (Lipinski definition) is 0. The van der Waals surface area contributed by atoms with Crippen LogP contribution in [-0.2, 0) is 23.0 Å². The molecule has 0 bridgehead atoms. The van der Waals surface area contributed by atoms with E-state index in [2.05, 4.69) is 17.1 Å². The molecule has 0 atom stereocenters. The summed E-state index contributed by atoms with van der Waals surface area (Å²) in [6.45, 7) is 2.71. The Bertz CT molecular complexity index is 1140. The van der Waals surface area contributed by atoms with Gasteiger partial charge in [0.25, 0.3) is 0 Å². The van der Waals surface area contributed by atoms with Gasteiger partial charge in [0.15, 0.2) is 0 Å². The zero-order valence-electron chi connectivity index (χ0n) is 22.3. The van der Waals surface area contributed by atoms with Gasteiger partial charge in [-0.2, -0.15) is 4.31 Å². The summed E-state index contributed by atoms with van der Waals surface area (Å²) >= 11 is 0. The van der Waals surface area contributed by atoms with Gasteiger partial charge in [0, 0.05) is 25.5 Å². The largest absolute Gasteiger partial charge is 0.264 e. The Balaban J connectivity index is 1.34. The summed E-state index contributed by atoms with van der Waals surface area (Å²) in [5, 5.41) is 0. The summed E-state index contributed by atoms with van der Waals surface area (Å²) < 4.78 is 28.3. The molecular formula is C32H42N2O2S. The summed E-state index contributed by atoms with van der Waals surface area (Å²) in [5.41, 5.74) is 3.38. The van der Waals surface area contributed by atoms with Gasteiger partial charge in [-0.15, -0.1) is 0 Å². The maximum absolute atomic E-state index is 13.3. The lowest BCUT2D eigenvalue weighted by molar-refractivity contribution is 0.438. The lowest BCUT2D eigenvalue weighted by Crippen LogP contribution is -2.31. The number of allylic oxidation sites excluding steroid dienone is 1. The maximum atomic E-state index is 13.3. The first-order valence-electron chi connectivity index (χ1n) is 13.7. The zero-order valence-corrected chi connectivity index (χ0v) is 23.1. The van der Waals surface area contributed by atoms with Crippen molar-refractivity contribution >= 4 is 10.0 Å². The predicted molar refractivity (Wildman–Crippen MR) is 154 cm³/mol. The Labute approximate surface area is 224 Å². The molecule has 0 aliphatic rings. The van der Waals surface area contributed by atoms with Crippen molar-refractivity contribution in [3.8, 4) is 0 Å². The summed E-state index contributed by atoms with van der Waals surface area (Å²) in [5.74, 6) is 0. The Hall–Kier alpha value is -2.76. The molecule has 3 aromatic rings. The van der Waals surface area contributed by atoms with E-state index in [4.69, 9.17) is 0 Å². The highest BCUT2D eigenvalue weighted by atomic mass is 32.2. The molecule has 0 saturated heterocycles. The standard InChI is InChI=1S/C32H42N2O2S/c1-29-21-23-32(24-22-29)37(35,36)34(28-31-18-13-11-14-19-31)26-15-10-8-6-4-2-3-5-7-9-12-17-30-20-16-25-33-27-30/h10-11,13-16,18-25,27H,2-9,12,17,26,28H2,1H3/b15-10+. The molecule has 198 valence electrons. The average Bonchev–Trinajstić information content (AvgIpc) is 2.92. The highest BCUT2D eigenvalue weighted by Gasteiger charge is 2.23. The van der Waals surface area contributed by atoms with Gasteiger partial charge >= 0.3 is 0 Å². The van der Waals surface area contributed by atoms with E-state index >= 15 is 0 Å². The normalized spacial score (nSPS) is 11.9. The number of unbranched alkanes of at least 4 members (excludes halogenated alkanes) is 8. The van der Waals surface area contributed by atoms with E-state index in [-0.39, 0.29) is 0 Å². The van der Waals surface area contributed by atoms with E-state index in [1.165, 1.54) is 50.5 Å². The second-order valence-electron chi connectivity index (χ2n) is 9.80. The van der Waals surface area contributed by atoms with Crippen LogP contribution in [0.1, 0.15) is 74.5 Å². The Morgan fingerprint density at radius 3 is 2.05 bits per heavy atom. The molecule has 0 spiro atoms. The Morgan fingerprint density at radius 1 is 0.730 bits per heavy atom. The third-order valence-corrected chi connectivity index (χ3v) is 8.47. The number of hydrogen-bond acceptors (Lipinski definition) is 3. The number of benzene rings is 2. The first-order chi connectivity index (χ1) is 18.1. The van der Waals surface area contributed by atoms with Crippen molar-refractivity contribution in [2.75, 3.05) is 6.54 Å². The van der Waals surface area contributed by atoms with Crippen LogP contribution >= 0.6 is 0 Å². The van der Waals surface area contributed by atoms with Crippen LogP contribution in [0.3, 0.4) is 0 Å². The van der Waals surface area contributed by atoms with Crippen LogP contribution < -0.4 is 0 Å². The molecule has 1 aromatic heterocycles. The number of aromatic nitrogens is 1. The smallest absolute Gasteiger partial charge is 0.243 e. The topological polar surface area (TPSA) is 50.3 Å². The van der Waals surface area contributed by atoms with Crippen LogP contribution in [0.5, 0.6) is 0 Å². The molecular weight excluding hydrogens is 476 g/mol. The molecule has 4 nitrogen and oxygen atoms in total. The lowest BCUT2D eigenvalue weighted by atomic mass is 10.0. The maximum Gasteiger partial charge on any atom is 0.243 e. The lowest BCUT2D eigenvalue weighted by Gasteiger charge is -2.21. The molecule has 2 aromatic carbocycles. The first-order valence-corrected chi connectivity index (χ1v) is 15.1. The van der Waals surface area contributed by atoms with Gasteiger partial charge in [0.1, 0.15) is 0 Å². The minimum Gasteiger partial charge on any atom is -0.264 e. The fourth-order valence-electron chi connectivity index (χ4n) is 4.40. The summed E-state index contributed by atoms with van der Waals surface area (Å²) in [6.07, 6.45) is 20.2. The predicted octanol–water partition coefficient (Wildman–Crippen LogP) is 7.89. The Kier molecular flexibility index (Phi) is 12.6. The van der Waals surface area contributed by atoms with E-state index in [0.29, 0.717) is 18.0 Å². The van der Waals surface area contributed by atoms with Crippen LogP contribution in [0.4, 0.5) is 0 Å². The second-order valence-corrected chi connectivity index (χ2v) is 11.7. The van der Waals surface area contributed by atoms with Crippen molar-refractivity contribution in [1.82, 2.24) is 9.29 Å². The number of pyridine rings is 1. The third kappa shape index (κ3) is 10.6. The van der Waals surface area contributed by atoms with E-state index in [9.17, 15) is 8.42 Å². The van der Waals surface area contributed by atoms with Crippen molar-refractivity contribution in [3.63, 3.8) is 0 Å². The van der Waals surface area contributed by atoms with Crippen LogP contribution in [0.25, 0.3) is 0 Å². The molecule has 37 heavy (non-hydrogen) atoms. The van der Waals surface area contributed by atoms with Crippen LogP contribution in [0, 0.1) is 6.92 Å². The van der Waals surface area contributed by atoms with E-state index < -0.39 is 10.0 Å². The molecule has 5 heteroatoms. The molecule has 3 rings (SSSR count).